The molecule has 0 bridgehead atoms. The Hall–Kier alpha value is -2.60. The van der Waals surface area contributed by atoms with Crippen LogP contribution in [0.25, 0.3) is 0 Å². The predicted octanol–water partition coefficient (Wildman–Crippen LogP) is 5.25. The number of anilines is 1. The van der Waals surface area contributed by atoms with Crippen molar-refractivity contribution in [1.29, 1.82) is 0 Å². The van der Waals surface area contributed by atoms with Crippen LogP contribution in [0.1, 0.15) is 31.4 Å². The minimum Gasteiger partial charge on any atom is -0.317 e. The van der Waals surface area contributed by atoms with Crippen LogP contribution in [-0.2, 0) is 0 Å². The van der Waals surface area contributed by atoms with Gasteiger partial charge in [-0.15, -0.1) is 0 Å². The zero-order chi connectivity index (χ0) is 18.7. The van der Waals surface area contributed by atoms with Crippen molar-refractivity contribution in [1.82, 2.24) is 4.90 Å². The van der Waals surface area contributed by atoms with Crippen LogP contribution in [0, 0.1) is 16.0 Å². The highest BCUT2D eigenvalue weighted by atomic mass is 35.5. The highest BCUT2D eigenvalue weighted by molar-refractivity contribution is 6.33. The molecule has 1 atom stereocenters. The molecule has 1 fully saturated rings. The van der Waals surface area contributed by atoms with Gasteiger partial charge in [0.25, 0.3) is 5.69 Å². The van der Waals surface area contributed by atoms with Gasteiger partial charge in [-0.25, -0.2) is 4.79 Å². The molecule has 1 saturated carbocycles. The lowest BCUT2D eigenvalue weighted by Crippen LogP contribution is -2.38. The number of benzene rings is 2. The van der Waals surface area contributed by atoms with Gasteiger partial charge in [0.1, 0.15) is 0 Å². The summed E-state index contributed by atoms with van der Waals surface area (Å²) in [6.45, 7) is 2.67. The summed E-state index contributed by atoms with van der Waals surface area (Å²) in [5.74, 6) is 0.527. The van der Waals surface area contributed by atoms with Crippen molar-refractivity contribution in [3.8, 4) is 0 Å². The van der Waals surface area contributed by atoms with Crippen LogP contribution in [0.3, 0.4) is 0 Å². The third kappa shape index (κ3) is 4.32. The summed E-state index contributed by atoms with van der Waals surface area (Å²) in [4.78, 5) is 25.0. The highest BCUT2D eigenvalue weighted by Crippen LogP contribution is 2.34. The summed E-state index contributed by atoms with van der Waals surface area (Å²) >= 11 is 6.10. The normalized spacial score (nSPS) is 14.5. The highest BCUT2D eigenvalue weighted by Gasteiger charge is 2.30. The number of halogens is 1. The molecule has 0 aromatic heterocycles. The van der Waals surface area contributed by atoms with Gasteiger partial charge in [-0.2, -0.15) is 0 Å². The number of rotatable bonds is 6. The number of carbonyl (C=O) groups excluding carboxylic acids is 1. The van der Waals surface area contributed by atoms with E-state index in [1.165, 1.54) is 18.2 Å². The fourth-order valence-electron chi connectivity index (χ4n) is 2.81. The minimum absolute atomic E-state index is 0.0892. The van der Waals surface area contributed by atoms with Crippen molar-refractivity contribution in [2.24, 2.45) is 5.92 Å². The zero-order valence-corrected chi connectivity index (χ0v) is 15.1. The largest absolute Gasteiger partial charge is 0.322 e. The van der Waals surface area contributed by atoms with Gasteiger partial charge in [0.2, 0.25) is 0 Å². The molecular formula is C19H20ClN3O3. The number of nitrogens with zero attached hydrogens (tertiary/aromatic N) is 2. The topological polar surface area (TPSA) is 75.5 Å². The molecule has 0 saturated heterocycles. The van der Waals surface area contributed by atoms with Gasteiger partial charge in [-0.05, 0) is 37.3 Å². The van der Waals surface area contributed by atoms with E-state index in [1.807, 2.05) is 37.3 Å². The van der Waals surface area contributed by atoms with Gasteiger partial charge in [0.05, 0.1) is 21.7 Å². The van der Waals surface area contributed by atoms with E-state index in [4.69, 9.17) is 11.6 Å². The summed E-state index contributed by atoms with van der Waals surface area (Å²) in [5, 5.41) is 13.8. The number of nitro groups is 1. The summed E-state index contributed by atoms with van der Waals surface area (Å²) in [7, 11) is 0. The number of amides is 2. The van der Waals surface area contributed by atoms with Crippen molar-refractivity contribution in [2.45, 2.75) is 25.8 Å². The smallest absolute Gasteiger partial charge is 0.317 e. The first kappa shape index (κ1) is 18.2. The maximum absolute atomic E-state index is 12.9. The van der Waals surface area contributed by atoms with Gasteiger partial charge in [0.15, 0.2) is 0 Å². The number of carbonyl (C=O) groups is 1. The fraction of sp³-hybridized carbons (Fsp3) is 0.316. The molecule has 26 heavy (non-hydrogen) atoms. The maximum Gasteiger partial charge on any atom is 0.322 e. The molecule has 1 aliphatic rings. The SMILES string of the molecule is CC(c1ccccc1)N(CC1CC1)C(=O)Nc1ccc([N+](=O)[O-])cc1Cl. The predicted molar refractivity (Wildman–Crippen MR) is 101 cm³/mol. The molecule has 0 radical (unpaired) electrons. The van der Waals surface area contributed by atoms with Crippen molar-refractivity contribution >= 4 is 29.0 Å². The van der Waals surface area contributed by atoms with Crippen LogP contribution in [0.2, 0.25) is 5.02 Å². The van der Waals surface area contributed by atoms with E-state index >= 15 is 0 Å². The third-order valence-corrected chi connectivity index (χ3v) is 4.88. The van der Waals surface area contributed by atoms with Gasteiger partial charge >= 0.3 is 6.03 Å². The van der Waals surface area contributed by atoms with E-state index in [2.05, 4.69) is 5.32 Å². The van der Waals surface area contributed by atoms with Crippen LogP contribution >= 0.6 is 11.6 Å². The fourth-order valence-corrected chi connectivity index (χ4v) is 3.03. The Morgan fingerprint density at radius 2 is 2.00 bits per heavy atom. The molecule has 136 valence electrons. The van der Waals surface area contributed by atoms with E-state index in [0.717, 1.165) is 18.4 Å². The van der Waals surface area contributed by atoms with Gasteiger partial charge in [-0.1, -0.05) is 41.9 Å². The summed E-state index contributed by atoms with van der Waals surface area (Å²) in [6.07, 6.45) is 2.26. The lowest BCUT2D eigenvalue weighted by molar-refractivity contribution is -0.384. The third-order valence-electron chi connectivity index (χ3n) is 4.57. The quantitative estimate of drug-likeness (QED) is 0.554. The molecule has 0 spiro atoms. The first-order chi connectivity index (χ1) is 12.5. The average Bonchev–Trinajstić information content (AvgIpc) is 3.45. The molecule has 1 N–H and O–H groups in total. The zero-order valence-electron chi connectivity index (χ0n) is 14.4. The number of nitro benzene ring substituents is 1. The Kier molecular flexibility index (Phi) is 5.42. The first-order valence-electron chi connectivity index (χ1n) is 8.52. The summed E-state index contributed by atoms with van der Waals surface area (Å²) in [5.41, 5.74) is 1.31. The molecule has 2 aromatic rings. The summed E-state index contributed by atoms with van der Waals surface area (Å²) < 4.78 is 0. The minimum atomic E-state index is -0.519. The molecule has 1 unspecified atom stereocenters. The number of hydrogen-bond acceptors (Lipinski definition) is 3. The van der Waals surface area contributed by atoms with Crippen molar-refractivity contribution in [3.05, 3.63) is 69.2 Å². The van der Waals surface area contributed by atoms with Crippen molar-refractivity contribution in [2.75, 3.05) is 11.9 Å². The lowest BCUT2D eigenvalue weighted by Gasteiger charge is -2.30. The van der Waals surface area contributed by atoms with E-state index in [-0.39, 0.29) is 22.8 Å². The number of non-ortho nitro benzene ring substituents is 1. The molecular weight excluding hydrogens is 354 g/mol. The number of nitrogens with one attached hydrogen (secondary N) is 1. The van der Waals surface area contributed by atoms with E-state index in [9.17, 15) is 14.9 Å². The van der Waals surface area contributed by atoms with E-state index in [1.54, 1.807) is 4.90 Å². The molecule has 7 heteroatoms. The molecule has 2 aromatic carbocycles. The maximum atomic E-state index is 12.9. The van der Waals surface area contributed by atoms with Crippen LogP contribution in [0.4, 0.5) is 16.2 Å². The van der Waals surface area contributed by atoms with Crippen LogP contribution in [0.5, 0.6) is 0 Å². The Morgan fingerprint density at radius 3 is 2.58 bits per heavy atom. The van der Waals surface area contributed by atoms with Crippen molar-refractivity contribution in [3.63, 3.8) is 0 Å². The molecule has 0 heterocycles. The molecule has 6 nitrogen and oxygen atoms in total. The second-order valence-electron chi connectivity index (χ2n) is 6.53. The van der Waals surface area contributed by atoms with Crippen LogP contribution in [-0.4, -0.2) is 22.4 Å². The summed E-state index contributed by atoms with van der Waals surface area (Å²) in [6, 6.07) is 13.5. The molecule has 1 aliphatic carbocycles. The monoisotopic (exact) mass is 373 g/mol. The number of urea groups is 1. The van der Waals surface area contributed by atoms with Crippen LogP contribution < -0.4 is 5.32 Å². The van der Waals surface area contributed by atoms with Gasteiger partial charge in [-0.3, -0.25) is 10.1 Å². The van der Waals surface area contributed by atoms with Crippen molar-refractivity contribution < 1.29 is 9.72 Å². The standard InChI is InChI=1S/C19H20ClN3O3/c1-13(15-5-3-2-4-6-15)22(12-14-7-8-14)19(24)21-18-10-9-16(23(25)26)11-17(18)20/h2-6,9-11,13-14H,7-8,12H2,1H3,(H,21,24). The molecule has 0 aliphatic heterocycles. The average molecular weight is 374 g/mol. The Bertz CT molecular complexity index is 809. The second kappa shape index (κ2) is 7.74. The van der Waals surface area contributed by atoms with Gasteiger partial charge in [0, 0.05) is 18.7 Å². The lowest BCUT2D eigenvalue weighted by atomic mass is 10.1. The van der Waals surface area contributed by atoms with E-state index < -0.39 is 4.92 Å². The number of hydrogen-bond donors (Lipinski definition) is 1. The molecule has 3 rings (SSSR count). The second-order valence-corrected chi connectivity index (χ2v) is 6.94. The van der Waals surface area contributed by atoms with Gasteiger partial charge < -0.3 is 10.2 Å². The first-order valence-corrected chi connectivity index (χ1v) is 8.90. The Morgan fingerprint density at radius 1 is 1.31 bits per heavy atom. The molecule has 2 amide bonds. The Balaban J connectivity index is 1.78. The van der Waals surface area contributed by atoms with Crippen LogP contribution in [0.15, 0.2) is 48.5 Å². The Labute approximate surface area is 156 Å². The van der Waals surface area contributed by atoms with E-state index in [0.29, 0.717) is 18.2 Å².